The lowest BCUT2D eigenvalue weighted by Gasteiger charge is -2.38. The summed E-state index contributed by atoms with van der Waals surface area (Å²) >= 11 is 0. The van der Waals surface area contributed by atoms with Crippen LogP contribution in [-0.4, -0.2) is 66.9 Å². The van der Waals surface area contributed by atoms with Crippen molar-refractivity contribution in [1.82, 2.24) is 0 Å². The second kappa shape index (κ2) is 21.7. The highest BCUT2D eigenvalue weighted by molar-refractivity contribution is 4.87. The summed E-state index contributed by atoms with van der Waals surface area (Å²) < 4.78 is 34.3. The fraction of sp³-hybridized carbons (Fsp3) is 0.917. The lowest BCUT2D eigenvalue weighted by Crippen LogP contribution is -2.47. The van der Waals surface area contributed by atoms with Crippen molar-refractivity contribution in [3.05, 3.63) is 12.7 Å². The van der Waals surface area contributed by atoms with Gasteiger partial charge in [0, 0.05) is 41.2 Å². The standard InChI is InChI=1S/C24H48O6/c1-6-8-9-10-11-12-16-23(7-2)24(28-20-13-17-25-3,29-21-14-18-26-4)30-22-15-19-27-5/h7,23H,2,6,8-22H2,1,3-5H3. The minimum Gasteiger partial charge on any atom is -0.385 e. The molecule has 6 nitrogen and oxygen atoms in total. The SMILES string of the molecule is C=CC(CCCCCCCC)C(OCCCOC)(OCCCOC)OCCCOC. The maximum atomic E-state index is 6.26. The summed E-state index contributed by atoms with van der Waals surface area (Å²) in [5, 5.41) is 0. The zero-order valence-corrected chi connectivity index (χ0v) is 20.1. The molecule has 0 aromatic heterocycles. The van der Waals surface area contributed by atoms with E-state index in [0.717, 1.165) is 32.1 Å². The summed E-state index contributed by atoms with van der Waals surface area (Å²) in [6.45, 7) is 9.74. The summed E-state index contributed by atoms with van der Waals surface area (Å²) in [5.74, 6) is -1.17. The summed E-state index contributed by atoms with van der Waals surface area (Å²) in [5.41, 5.74) is 0. The molecule has 0 aromatic rings. The number of ether oxygens (including phenoxy) is 6. The Kier molecular flexibility index (Phi) is 21.4. The quantitative estimate of drug-likeness (QED) is 0.116. The molecule has 1 unspecified atom stereocenters. The van der Waals surface area contributed by atoms with Crippen LogP contribution in [0.5, 0.6) is 0 Å². The summed E-state index contributed by atoms with van der Waals surface area (Å²) in [7, 11) is 5.09. The second-order valence-electron chi connectivity index (χ2n) is 7.59. The van der Waals surface area contributed by atoms with E-state index in [1.54, 1.807) is 21.3 Å². The Morgan fingerprint density at radius 3 is 1.47 bits per heavy atom. The molecule has 0 spiro atoms. The second-order valence-corrected chi connectivity index (χ2v) is 7.59. The van der Waals surface area contributed by atoms with Crippen LogP contribution < -0.4 is 0 Å². The number of unbranched alkanes of at least 4 members (excludes halogenated alkanes) is 5. The molecule has 0 heterocycles. The number of rotatable bonds is 24. The van der Waals surface area contributed by atoms with Gasteiger partial charge in [-0.05, 0) is 25.7 Å². The van der Waals surface area contributed by atoms with E-state index in [0.29, 0.717) is 39.6 Å². The van der Waals surface area contributed by atoms with Gasteiger partial charge >= 0.3 is 0 Å². The van der Waals surface area contributed by atoms with Gasteiger partial charge in [-0.1, -0.05) is 51.5 Å². The number of methoxy groups -OCH3 is 3. The van der Waals surface area contributed by atoms with Crippen molar-refractivity contribution >= 4 is 0 Å². The van der Waals surface area contributed by atoms with Gasteiger partial charge in [0.05, 0.1) is 25.7 Å². The zero-order valence-electron chi connectivity index (χ0n) is 20.1. The van der Waals surface area contributed by atoms with Crippen molar-refractivity contribution < 1.29 is 28.4 Å². The van der Waals surface area contributed by atoms with Crippen LogP contribution in [0.1, 0.15) is 71.1 Å². The van der Waals surface area contributed by atoms with Gasteiger partial charge in [-0.25, -0.2) is 0 Å². The average Bonchev–Trinajstić information content (AvgIpc) is 2.76. The highest BCUT2D eigenvalue weighted by Crippen LogP contribution is 2.32. The van der Waals surface area contributed by atoms with E-state index < -0.39 is 5.97 Å². The molecule has 0 fully saturated rings. The normalized spacial score (nSPS) is 12.9. The third kappa shape index (κ3) is 14.5. The van der Waals surface area contributed by atoms with Gasteiger partial charge in [0.25, 0.3) is 5.97 Å². The van der Waals surface area contributed by atoms with Gasteiger partial charge < -0.3 is 28.4 Å². The Morgan fingerprint density at radius 1 is 0.633 bits per heavy atom. The van der Waals surface area contributed by atoms with Crippen LogP contribution in [0.25, 0.3) is 0 Å². The Hall–Kier alpha value is -0.500. The first-order valence-corrected chi connectivity index (χ1v) is 11.7. The van der Waals surface area contributed by atoms with E-state index in [2.05, 4.69) is 13.5 Å². The predicted molar refractivity (Wildman–Crippen MR) is 122 cm³/mol. The maximum Gasteiger partial charge on any atom is 0.289 e. The first-order chi connectivity index (χ1) is 14.7. The van der Waals surface area contributed by atoms with E-state index in [4.69, 9.17) is 28.4 Å². The largest absolute Gasteiger partial charge is 0.385 e. The fourth-order valence-electron chi connectivity index (χ4n) is 3.28. The van der Waals surface area contributed by atoms with Crippen molar-refractivity contribution in [3.8, 4) is 0 Å². The first-order valence-electron chi connectivity index (χ1n) is 11.7. The molecule has 0 N–H and O–H groups in total. The molecule has 1 atom stereocenters. The molecule has 0 saturated heterocycles. The van der Waals surface area contributed by atoms with Crippen molar-refractivity contribution in [1.29, 1.82) is 0 Å². The summed E-state index contributed by atoms with van der Waals surface area (Å²) in [6, 6.07) is 0. The number of hydrogen-bond acceptors (Lipinski definition) is 6. The van der Waals surface area contributed by atoms with E-state index >= 15 is 0 Å². The number of hydrogen-bond donors (Lipinski definition) is 0. The highest BCUT2D eigenvalue weighted by Gasteiger charge is 2.41. The molecule has 0 saturated carbocycles. The molecule has 0 bridgehead atoms. The topological polar surface area (TPSA) is 55.4 Å². The minimum absolute atomic E-state index is 0.0451. The molecule has 0 aliphatic heterocycles. The average molecular weight is 433 g/mol. The Balaban J connectivity index is 5.07. The van der Waals surface area contributed by atoms with Crippen molar-refractivity contribution in [2.45, 2.75) is 77.1 Å². The predicted octanol–water partition coefficient (Wildman–Crippen LogP) is 5.35. The molecule has 0 aliphatic carbocycles. The highest BCUT2D eigenvalue weighted by atomic mass is 16.9. The molecule has 0 radical (unpaired) electrons. The van der Waals surface area contributed by atoms with Crippen LogP contribution in [0.15, 0.2) is 12.7 Å². The van der Waals surface area contributed by atoms with E-state index in [1.165, 1.54) is 32.1 Å². The third-order valence-electron chi connectivity index (χ3n) is 5.00. The zero-order chi connectivity index (χ0) is 22.3. The van der Waals surface area contributed by atoms with Crippen molar-refractivity contribution in [2.24, 2.45) is 5.92 Å². The van der Waals surface area contributed by atoms with Gasteiger partial charge in [0.1, 0.15) is 0 Å². The van der Waals surface area contributed by atoms with Crippen molar-refractivity contribution in [3.63, 3.8) is 0 Å². The summed E-state index contributed by atoms with van der Waals surface area (Å²) in [4.78, 5) is 0. The van der Waals surface area contributed by atoms with Gasteiger partial charge in [0.2, 0.25) is 0 Å². The molecule has 0 aromatic carbocycles. The summed E-state index contributed by atoms with van der Waals surface area (Å²) in [6.07, 6.45) is 12.6. The lowest BCUT2D eigenvalue weighted by atomic mass is 9.97. The van der Waals surface area contributed by atoms with Gasteiger partial charge in [-0.15, -0.1) is 6.58 Å². The molecule has 0 rings (SSSR count). The molecule has 30 heavy (non-hydrogen) atoms. The molecule has 6 heteroatoms. The van der Waals surface area contributed by atoms with Crippen LogP contribution in [0, 0.1) is 5.92 Å². The molecular formula is C24H48O6. The van der Waals surface area contributed by atoms with Crippen LogP contribution >= 0.6 is 0 Å². The van der Waals surface area contributed by atoms with Crippen LogP contribution in [-0.2, 0) is 28.4 Å². The van der Waals surface area contributed by atoms with Crippen LogP contribution in [0.3, 0.4) is 0 Å². The lowest BCUT2D eigenvalue weighted by molar-refractivity contribution is -0.400. The van der Waals surface area contributed by atoms with Crippen LogP contribution in [0.4, 0.5) is 0 Å². The van der Waals surface area contributed by atoms with Gasteiger partial charge in [0.15, 0.2) is 0 Å². The van der Waals surface area contributed by atoms with Crippen molar-refractivity contribution in [2.75, 3.05) is 61.0 Å². The monoisotopic (exact) mass is 432 g/mol. The molecular weight excluding hydrogens is 384 g/mol. The Morgan fingerprint density at radius 2 is 1.07 bits per heavy atom. The smallest absolute Gasteiger partial charge is 0.289 e. The van der Waals surface area contributed by atoms with E-state index in [1.807, 2.05) is 6.08 Å². The Bertz CT molecular complexity index is 332. The van der Waals surface area contributed by atoms with Gasteiger partial charge in [-0.2, -0.15) is 0 Å². The fourth-order valence-corrected chi connectivity index (χ4v) is 3.28. The Labute approximate surface area is 185 Å². The molecule has 180 valence electrons. The van der Waals surface area contributed by atoms with Gasteiger partial charge in [-0.3, -0.25) is 0 Å². The molecule has 0 amide bonds. The molecule has 0 aliphatic rings. The van der Waals surface area contributed by atoms with E-state index in [9.17, 15) is 0 Å². The first kappa shape index (κ1) is 29.5. The van der Waals surface area contributed by atoms with E-state index in [-0.39, 0.29) is 5.92 Å². The van der Waals surface area contributed by atoms with Crippen LogP contribution in [0.2, 0.25) is 0 Å². The third-order valence-corrected chi connectivity index (χ3v) is 5.00. The minimum atomic E-state index is -1.12. The maximum absolute atomic E-state index is 6.26.